The molecule has 0 aliphatic carbocycles. The van der Waals surface area contributed by atoms with Gasteiger partial charge in [0.25, 0.3) is 0 Å². The van der Waals surface area contributed by atoms with Crippen molar-refractivity contribution in [3.63, 3.8) is 0 Å². The number of pyridine rings is 1. The Labute approximate surface area is 303 Å². The van der Waals surface area contributed by atoms with Crippen LogP contribution in [0.2, 0.25) is 0 Å². The molecule has 0 spiro atoms. The quantitative estimate of drug-likeness (QED) is 0.165. The predicted molar refractivity (Wildman–Crippen MR) is 172 cm³/mol. The fraction of sp³-hybridized carbons (Fsp3) is 0.290. The van der Waals surface area contributed by atoms with Gasteiger partial charge in [0.2, 0.25) is 12.1 Å². The number of aliphatic hydroxyl groups is 2. The third kappa shape index (κ3) is 10.3. The van der Waals surface area contributed by atoms with Gasteiger partial charge in [-0.1, -0.05) is 5.92 Å². The highest BCUT2D eigenvalue weighted by Gasteiger charge is 2.59. The second-order valence-corrected chi connectivity index (χ2v) is 10.9. The molecule has 1 aliphatic heterocycles. The van der Waals surface area contributed by atoms with Crippen molar-refractivity contribution < 1.29 is 59.3 Å². The number of carbonyl (C=O) groups is 1. The molecule has 1 amide bonds. The van der Waals surface area contributed by atoms with E-state index < -0.39 is 84.0 Å². The minimum atomic E-state index is -5.20. The number of anilines is 3. The summed E-state index contributed by atoms with van der Waals surface area (Å²) in [5.74, 6) is -0.0868. The van der Waals surface area contributed by atoms with Crippen molar-refractivity contribution in [3.8, 4) is 11.8 Å². The minimum Gasteiger partial charge on any atom is -0.394 e. The van der Waals surface area contributed by atoms with E-state index >= 15 is 0 Å². The molecule has 1 aromatic carbocycles. The van der Waals surface area contributed by atoms with Crippen molar-refractivity contribution >= 4 is 35.6 Å². The summed E-state index contributed by atoms with van der Waals surface area (Å²) < 4.78 is 125. The second-order valence-electron chi connectivity index (χ2n) is 10.9. The van der Waals surface area contributed by atoms with Crippen LogP contribution in [0.15, 0.2) is 65.7 Å². The lowest BCUT2D eigenvalue weighted by atomic mass is 10.1. The summed E-state index contributed by atoms with van der Waals surface area (Å²) in [6.07, 6.45) is -15.7. The van der Waals surface area contributed by atoms with Gasteiger partial charge in [-0.05, 0) is 54.5 Å². The zero-order chi connectivity index (χ0) is 39.3. The molecular weight excluding hydrogens is 771 g/mol. The average molecular weight is 797 g/mol. The predicted octanol–water partition coefficient (Wildman–Crippen LogP) is 3.39. The Morgan fingerprint density at radius 3 is 2.20 bits per heavy atom. The van der Waals surface area contributed by atoms with Gasteiger partial charge in [0.15, 0.2) is 6.10 Å². The topological polar surface area (TPSA) is 196 Å². The highest BCUT2D eigenvalue weighted by atomic mass is 35.5. The summed E-state index contributed by atoms with van der Waals surface area (Å²) >= 11 is 0. The van der Waals surface area contributed by atoms with Crippen molar-refractivity contribution in [2.24, 2.45) is 0 Å². The molecular formula is C31H26ClF9N8O5. The maximum absolute atomic E-state index is 13.7. The highest BCUT2D eigenvalue weighted by molar-refractivity contribution is 5.95. The molecule has 1 fully saturated rings. The van der Waals surface area contributed by atoms with Gasteiger partial charge >= 0.3 is 24.0 Å². The van der Waals surface area contributed by atoms with E-state index in [1.54, 1.807) is 0 Å². The summed E-state index contributed by atoms with van der Waals surface area (Å²) in [5.41, 5.74) is 5.72. The zero-order valence-corrected chi connectivity index (χ0v) is 27.7. The third-order valence-electron chi connectivity index (χ3n) is 7.16. The Hall–Kier alpha value is -5.50. The van der Waals surface area contributed by atoms with Crippen molar-refractivity contribution in [2.75, 3.05) is 29.5 Å². The number of hydrogen-bond acceptors (Lipinski definition) is 11. The summed E-state index contributed by atoms with van der Waals surface area (Å²) in [5, 5.41) is 25.4. The lowest BCUT2D eigenvalue weighted by Gasteiger charge is -2.21. The number of nitrogens with zero attached hydrogens (tertiary/aromatic N) is 6. The monoisotopic (exact) mass is 796 g/mol. The molecule has 23 heteroatoms. The first-order valence-electron chi connectivity index (χ1n) is 14.7. The van der Waals surface area contributed by atoms with Crippen molar-refractivity contribution in [1.82, 2.24) is 24.7 Å². The highest BCUT2D eigenvalue weighted by Crippen LogP contribution is 2.42. The van der Waals surface area contributed by atoms with E-state index in [-0.39, 0.29) is 54.2 Å². The van der Waals surface area contributed by atoms with Crippen molar-refractivity contribution in [2.45, 2.75) is 43.1 Å². The van der Waals surface area contributed by atoms with Crippen LogP contribution in [0.3, 0.4) is 0 Å². The van der Waals surface area contributed by atoms with Gasteiger partial charge in [0, 0.05) is 18.1 Å². The molecule has 13 nitrogen and oxygen atoms in total. The molecule has 0 saturated carbocycles. The largest absolute Gasteiger partial charge is 0.418 e. The van der Waals surface area contributed by atoms with Gasteiger partial charge in [-0.3, -0.25) is 14.3 Å². The van der Waals surface area contributed by atoms with Crippen LogP contribution in [0.4, 0.5) is 56.8 Å². The lowest BCUT2D eigenvalue weighted by Crippen LogP contribution is -2.41. The van der Waals surface area contributed by atoms with E-state index in [2.05, 4.69) is 32.0 Å². The smallest absolute Gasteiger partial charge is 0.394 e. The number of aliphatic hydroxyl groups excluding tert-OH is 2. The molecule has 54 heavy (non-hydrogen) atoms. The maximum atomic E-state index is 13.7. The zero-order valence-electron chi connectivity index (χ0n) is 26.9. The van der Waals surface area contributed by atoms with Crippen LogP contribution in [0.25, 0.3) is 0 Å². The number of benzene rings is 1. The van der Waals surface area contributed by atoms with Gasteiger partial charge in [0.1, 0.15) is 29.3 Å². The number of ether oxygens (including phenoxy) is 1. The summed E-state index contributed by atoms with van der Waals surface area (Å²) in [4.78, 5) is 31.9. The summed E-state index contributed by atoms with van der Waals surface area (Å²) in [7, 11) is 0. The van der Waals surface area contributed by atoms with Gasteiger partial charge in [-0.15, -0.1) is 22.6 Å². The molecule has 290 valence electrons. The van der Waals surface area contributed by atoms with Crippen LogP contribution in [-0.2, 0) is 28.3 Å². The third-order valence-corrected chi connectivity index (χ3v) is 7.16. The molecule has 3 aromatic heterocycles. The molecule has 1 aliphatic rings. The molecule has 0 bridgehead atoms. The number of aromatic nitrogens is 5. The van der Waals surface area contributed by atoms with Gasteiger partial charge < -0.3 is 31.3 Å². The van der Waals surface area contributed by atoms with Crippen LogP contribution in [0.5, 0.6) is 0 Å². The molecule has 6 N–H and O–H groups in total. The van der Waals surface area contributed by atoms with Gasteiger partial charge in [-0.25, -0.2) is 9.18 Å². The molecule has 4 aromatic rings. The van der Waals surface area contributed by atoms with Gasteiger partial charge in [0.05, 0.1) is 36.4 Å². The fourth-order valence-corrected chi connectivity index (χ4v) is 4.56. The number of nitrogens with two attached hydrogens (primary N) is 2. The van der Waals surface area contributed by atoms with Crippen LogP contribution in [0.1, 0.15) is 28.7 Å². The average Bonchev–Trinajstić information content (AvgIpc) is 3.31. The van der Waals surface area contributed by atoms with E-state index in [9.17, 15) is 54.2 Å². The molecule has 0 radical (unpaired) electrons. The Morgan fingerprint density at radius 2 is 1.67 bits per heavy atom. The van der Waals surface area contributed by atoms with Crippen LogP contribution in [-0.4, -0.2) is 72.1 Å². The van der Waals surface area contributed by atoms with Crippen LogP contribution >= 0.6 is 12.4 Å². The van der Waals surface area contributed by atoms with E-state index in [1.165, 1.54) is 24.3 Å². The fourth-order valence-electron chi connectivity index (χ4n) is 4.56. The Bertz CT molecular complexity index is 2040. The maximum Gasteiger partial charge on any atom is 0.418 e. The number of nitrogen functional groups attached to an aromatic ring is 2. The first-order valence-corrected chi connectivity index (χ1v) is 14.7. The lowest BCUT2D eigenvalue weighted by molar-refractivity contribution is -0.144. The molecule has 3 unspecified atom stereocenters. The standard InChI is InChI=1S/C22H14F7N5O.C9H11F2N3O4.ClH/c23-14-3-6-16(7-4-14)34(9-1-2-15-5-8-19(30)33-32-15)20(35)11-18-17(22(27,28)29)10-13(12-31-18)21(24,25)26;10-9(11)6(16)4(3-15)18-7(9)14-2-1-5(12)13-8(14)17;/h3-8,10,12H,9,11H2,(H2,30,33);1-2,4,6-7,15-16H,3H2,(H2,12,13,17);1H. The minimum absolute atomic E-state index is 0. The van der Waals surface area contributed by atoms with Crippen molar-refractivity contribution in [1.29, 1.82) is 0 Å². The number of alkyl halides is 8. The number of carbonyl (C=O) groups excluding carboxylic acids is 1. The van der Waals surface area contributed by atoms with Crippen LogP contribution in [0, 0.1) is 17.7 Å². The first kappa shape index (κ1) is 42.9. The molecule has 4 heterocycles. The Balaban J connectivity index is 0.000000347. The first-order chi connectivity index (χ1) is 24.7. The SMILES string of the molecule is Cl.Nc1ccc(C#CCN(C(=O)Cc2ncc(C(F)(F)F)cc2C(F)(F)F)c2ccc(F)cc2)nn1.Nc1ccn(C2OC(CO)C(O)C2(F)F)c(=O)n1. The van der Waals surface area contributed by atoms with Gasteiger partial charge in [-0.2, -0.15) is 40.1 Å². The van der Waals surface area contributed by atoms with Crippen LogP contribution < -0.4 is 22.1 Å². The number of halogens is 10. The van der Waals surface area contributed by atoms with Crippen molar-refractivity contribution in [3.05, 3.63) is 99.7 Å². The summed E-state index contributed by atoms with van der Waals surface area (Å²) in [6.45, 7) is -1.15. The van der Waals surface area contributed by atoms with E-state index in [0.717, 1.165) is 29.3 Å². The molecule has 3 atom stereocenters. The number of amides is 1. The van der Waals surface area contributed by atoms with E-state index in [1.807, 2.05) is 0 Å². The Morgan fingerprint density at radius 1 is 1.00 bits per heavy atom. The normalized spacial score (nSPS) is 17.6. The number of hydrogen-bond donors (Lipinski definition) is 4. The molecule has 5 rings (SSSR count). The molecule has 1 saturated heterocycles. The second kappa shape index (κ2) is 17.1. The number of rotatable bonds is 6. The Kier molecular flexibility index (Phi) is 13.6. The van der Waals surface area contributed by atoms with E-state index in [4.69, 9.17) is 21.3 Å². The van der Waals surface area contributed by atoms with E-state index in [0.29, 0.717) is 4.57 Å². The summed E-state index contributed by atoms with van der Waals surface area (Å²) in [6, 6.07) is 8.36.